The van der Waals surface area contributed by atoms with E-state index >= 15 is 0 Å². The first-order valence-electron chi connectivity index (χ1n) is 8.19. The number of ether oxygens (including phenoxy) is 1. The zero-order valence-corrected chi connectivity index (χ0v) is 13.7. The Balaban J connectivity index is 2.01. The lowest BCUT2D eigenvalue weighted by Crippen LogP contribution is -2.10. The number of fused-ring (bicyclic) bond motifs is 1. The van der Waals surface area contributed by atoms with Gasteiger partial charge in [0, 0.05) is 12.7 Å². The fraction of sp³-hybridized carbons (Fsp3) is 0.263. The van der Waals surface area contributed by atoms with Crippen molar-refractivity contribution < 1.29 is 19.0 Å². The van der Waals surface area contributed by atoms with Crippen molar-refractivity contribution in [3.05, 3.63) is 59.2 Å². The molecule has 0 radical (unpaired) electrons. The average molecular weight is 340 g/mol. The molecule has 0 saturated carbocycles. The average Bonchev–Trinajstić information content (AvgIpc) is 3.21. The van der Waals surface area contributed by atoms with Gasteiger partial charge in [0.25, 0.3) is 0 Å². The van der Waals surface area contributed by atoms with E-state index < -0.39 is 5.97 Å². The van der Waals surface area contributed by atoms with E-state index in [2.05, 4.69) is 4.98 Å². The highest BCUT2D eigenvalue weighted by atomic mass is 19.1. The molecule has 4 rings (SSSR count). The fourth-order valence-corrected chi connectivity index (χ4v) is 3.42. The Labute approximate surface area is 143 Å². The van der Waals surface area contributed by atoms with Crippen LogP contribution in [0.4, 0.5) is 4.39 Å². The molecule has 128 valence electrons. The summed E-state index contributed by atoms with van der Waals surface area (Å²) in [7, 11) is 0. The quantitative estimate of drug-likeness (QED) is 0.782. The molecule has 0 aliphatic carbocycles. The van der Waals surface area contributed by atoms with Gasteiger partial charge in [0.05, 0.1) is 22.3 Å². The first-order valence-corrected chi connectivity index (χ1v) is 8.19. The van der Waals surface area contributed by atoms with Gasteiger partial charge in [-0.15, -0.1) is 0 Å². The Morgan fingerprint density at radius 1 is 1.36 bits per heavy atom. The van der Waals surface area contributed by atoms with Crippen molar-refractivity contribution in [1.29, 1.82) is 0 Å². The Kier molecular flexibility index (Phi) is 3.77. The molecule has 1 aromatic heterocycles. The summed E-state index contributed by atoms with van der Waals surface area (Å²) >= 11 is 0. The minimum absolute atomic E-state index is 0.177. The van der Waals surface area contributed by atoms with Crippen LogP contribution in [0.2, 0.25) is 0 Å². The third-order valence-electron chi connectivity index (χ3n) is 4.64. The van der Waals surface area contributed by atoms with Crippen molar-refractivity contribution in [2.75, 3.05) is 6.61 Å². The normalized spacial score (nSPS) is 17.3. The molecule has 0 unspecified atom stereocenters. The second-order valence-electron chi connectivity index (χ2n) is 6.19. The molecule has 25 heavy (non-hydrogen) atoms. The molecular formula is C19H17FN2O3. The number of aromatic carboxylic acids is 1. The Morgan fingerprint density at radius 3 is 2.92 bits per heavy atom. The summed E-state index contributed by atoms with van der Waals surface area (Å²) in [4.78, 5) is 16.1. The molecular weight excluding hydrogens is 323 g/mol. The molecule has 1 N–H and O–H groups in total. The van der Waals surface area contributed by atoms with Crippen LogP contribution in [0.3, 0.4) is 0 Å². The zero-order valence-electron chi connectivity index (χ0n) is 13.7. The molecule has 1 aliphatic rings. The van der Waals surface area contributed by atoms with Crippen LogP contribution in [0.1, 0.15) is 40.7 Å². The van der Waals surface area contributed by atoms with Crippen molar-refractivity contribution in [3.63, 3.8) is 0 Å². The van der Waals surface area contributed by atoms with Gasteiger partial charge >= 0.3 is 5.97 Å². The maximum Gasteiger partial charge on any atom is 0.336 e. The van der Waals surface area contributed by atoms with Crippen LogP contribution in [-0.2, 0) is 4.74 Å². The van der Waals surface area contributed by atoms with Crippen molar-refractivity contribution >= 4 is 17.0 Å². The summed E-state index contributed by atoms with van der Waals surface area (Å²) in [5.41, 5.74) is 2.86. The lowest BCUT2D eigenvalue weighted by molar-refractivity contribution is 0.0696. The number of benzene rings is 2. The molecule has 6 heteroatoms. The summed E-state index contributed by atoms with van der Waals surface area (Å²) in [6.07, 6.45) is 1.60. The van der Waals surface area contributed by atoms with Crippen LogP contribution in [0.5, 0.6) is 0 Å². The highest BCUT2D eigenvalue weighted by Crippen LogP contribution is 2.34. The highest BCUT2D eigenvalue weighted by Gasteiger charge is 2.26. The molecule has 1 aliphatic heterocycles. The number of hydrogen-bond donors (Lipinski definition) is 1. The van der Waals surface area contributed by atoms with Gasteiger partial charge in [-0.05, 0) is 49.6 Å². The van der Waals surface area contributed by atoms with Crippen LogP contribution in [-0.4, -0.2) is 27.2 Å². The SMILES string of the molecule is Cc1c(C(=O)O)cccc1-n1c([C@H]2CCCO2)nc2cc(F)ccc21. The molecule has 1 fully saturated rings. The van der Waals surface area contributed by atoms with Gasteiger partial charge in [0.15, 0.2) is 0 Å². The number of hydrogen-bond acceptors (Lipinski definition) is 3. The standard InChI is InChI=1S/C19H17FN2O3/c1-11-13(19(23)24)4-2-5-15(11)22-16-8-7-12(20)10-14(16)21-18(22)17-6-3-9-25-17/h2,4-5,7-8,10,17H,3,6,9H2,1H3,(H,23,24)/t17-/m1/s1. The van der Waals surface area contributed by atoms with Crippen LogP contribution >= 0.6 is 0 Å². The summed E-state index contributed by atoms with van der Waals surface area (Å²) < 4.78 is 21.3. The van der Waals surface area contributed by atoms with Gasteiger partial charge in [-0.1, -0.05) is 6.07 Å². The summed E-state index contributed by atoms with van der Waals surface area (Å²) in [5, 5.41) is 9.42. The highest BCUT2D eigenvalue weighted by molar-refractivity contribution is 5.91. The molecule has 0 amide bonds. The third kappa shape index (κ3) is 2.59. The third-order valence-corrected chi connectivity index (χ3v) is 4.64. The van der Waals surface area contributed by atoms with E-state index in [0.717, 1.165) is 24.0 Å². The molecule has 2 heterocycles. The number of rotatable bonds is 3. The van der Waals surface area contributed by atoms with Gasteiger partial charge < -0.3 is 9.84 Å². The Bertz CT molecular complexity index is 974. The summed E-state index contributed by atoms with van der Waals surface area (Å²) in [5.74, 6) is -0.649. The molecule has 3 aromatic rings. The van der Waals surface area contributed by atoms with Gasteiger partial charge in [-0.2, -0.15) is 0 Å². The van der Waals surface area contributed by atoms with Gasteiger partial charge in [0.1, 0.15) is 17.7 Å². The topological polar surface area (TPSA) is 64.3 Å². The number of aromatic nitrogens is 2. The molecule has 0 spiro atoms. The van der Waals surface area contributed by atoms with Crippen molar-refractivity contribution in [3.8, 4) is 5.69 Å². The monoisotopic (exact) mass is 340 g/mol. The minimum Gasteiger partial charge on any atom is -0.478 e. The van der Waals surface area contributed by atoms with Crippen molar-refractivity contribution in [1.82, 2.24) is 9.55 Å². The smallest absolute Gasteiger partial charge is 0.336 e. The lowest BCUT2D eigenvalue weighted by atomic mass is 10.1. The van der Waals surface area contributed by atoms with E-state index in [9.17, 15) is 14.3 Å². The number of carbonyl (C=O) groups is 1. The van der Waals surface area contributed by atoms with Crippen molar-refractivity contribution in [2.24, 2.45) is 0 Å². The van der Waals surface area contributed by atoms with Crippen molar-refractivity contribution in [2.45, 2.75) is 25.9 Å². The Hall–Kier alpha value is -2.73. The van der Waals surface area contributed by atoms with E-state index in [0.29, 0.717) is 23.5 Å². The summed E-state index contributed by atoms with van der Waals surface area (Å²) in [6, 6.07) is 9.58. The second kappa shape index (κ2) is 5.97. The molecule has 1 saturated heterocycles. The predicted molar refractivity (Wildman–Crippen MR) is 90.7 cm³/mol. The number of nitrogens with zero attached hydrogens (tertiary/aromatic N) is 2. The van der Waals surface area contributed by atoms with Crippen LogP contribution in [0.15, 0.2) is 36.4 Å². The first-order chi connectivity index (χ1) is 12.1. The molecule has 0 bridgehead atoms. The van der Waals surface area contributed by atoms with E-state index in [-0.39, 0.29) is 17.5 Å². The molecule has 2 aromatic carbocycles. The molecule has 1 atom stereocenters. The number of imidazole rings is 1. The second-order valence-corrected chi connectivity index (χ2v) is 6.19. The summed E-state index contributed by atoms with van der Waals surface area (Å²) in [6.45, 7) is 2.43. The maximum atomic E-state index is 13.6. The Morgan fingerprint density at radius 2 is 2.20 bits per heavy atom. The minimum atomic E-state index is -0.978. The first kappa shape index (κ1) is 15.8. The van der Waals surface area contributed by atoms with E-state index in [1.807, 2.05) is 10.6 Å². The van der Waals surface area contributed by atoms with E-state index in [4.69, 9.17) is 4.74 Å². The van der Waals surface area contributed by atoms with Gasteiger partial charge in [0.2, 0.25) is 0 Å². The van der Waals surface area contributed by atoms with Crippen LogP contribution < -0.4 is 0 Å². The van der Waals surface area contributed by atoms with Crippen LogP contribution in [0.25, 0.3) is 16.7 Å². The number of halogens is 1. The largest absolute Gasteiger partial charge is 0.478 e. The maximum absolute atomic E-state index is 13.6. The molecule has 5 nitrogen and oxygen atoms in total. The lowest BCUT2D eigenvalue weighted by Gasteiger charge is -2.16. The van der Waals surface area contributed by atoms with Gasteiger partial charge in [-0.3, -0.25) is 4.57 Å². The zero-order chi connectivity index (χ0) is 17.6. The van der Waals surface area contributed by atoms with Crippen LogP contribution in [0, 0.1) is 12.7 Å². The number of carboxylic acids is 1. The predicted octanol–water partition coefficient (Wildman–Crippen LogP) is 4.02. The fourth-order valence-electron chi connectivity index (χ4n) is 3.42. The number of carboxylic acid groups (broad SMARTS) is 1. The van der Waals surface area contributed by atoms with Gasteiger partial charge in [-0.25, -0.2) is 14.2 Å². The van der Waals surface area contributed by atoms with E-state index in [1.165, 1.54) is 12.1 Å². The van der Waals surface area contributed by atoms with E-state index in [1.54, 1.807) is 25.1 Å².